The smallest absolute Gasteiger partial charge is 0.315 e. The van der Waals surface area contributed by atoms with E-state index in [1.165, 1.54) is 31.3 Å². The highest BCUT2D eigenvalue weighted by Crippen LogP contribution is 2.66. The maximum Gasteiger partial charge on any atom is 0.436 e. The first-order chi connectivity index (χ1) is 17.6. The Hall–Kier alpha value is -1.69. The molecule has 6 atom stereocenters. The monoisotopic (exact) mass is 511 g/mol. The summed E-state index contributed by atoms with van der Waals surface area (Å²) < 4.78 is 0. The molecular formula is C31H49N3O3. The van der Waals surface area contributed by atoms with E-state index in [0.717, 1.165) is 63.2 Å². The fourth-order valence-corrected chi connectivity index (χ4v) is 8.87. The Morgan fingerprint density at radius 3 is 2.62 bits per heavy atom. The average molecular weight is 512 g/mol. The predicted octanol–water partition coefficient (Wildman–Crippen LogP) is 6.36. The molecule has 5 aliphatic rings. The van der Waals surface area contributed by atoms with Crippen molar-refractivity contribution in [3.05, 3.63) is 11.6 Å². The Balaban J connectivity index is 1.22. The van der Waals surface area contributed by atoms with Crippen molar-refractivity contribution in [1.82, 2.24) is 10.2 Å². The summed E-state index contributed by atoms with van der Waals surface area (Å²) in [5, 5.41) is 7.92. The Morgan fingerprint density at radius 1 is 1.11 bits per heavy atom. The summed E-state index contributed by atoms with van der Waals surface area (Å²) in [4.78, 5) is 32.5. The molecule has 4 saturated carbocycles. The van der Waals surface area contributed by atoms with Gasteiger partial charge in [0.15, 0.2) is 5.78 Å². The number of amides is 1. The molecule has 6 heteroatoms. The van der Waals surface area contributed by atoms with Crippen molar-refractivity contribution < 1.29 is 14.4 Å². The largest absolute Gasteiger partial charge is 0.436 e. The van der Waals surface area contributed by atoms with Crippen LogP contribution in [0.25, 0.3) is 0 Å². The second-order valence-corrected chi connectivity index (χ2v) is 13.8. The van der Waals surface area contributed by atoms with Crippen LogP contribution in [0.2, 0.25) is 0 Å². The lowest BCUT2D eigenvalue weighted by Crippen LogP contribution is -2.51. The predicted molar refractivity (Wildman–Crippen MR) is 147 cm³/mol. The molecular weight excluding hydrogens is 462 g/mol. The maximum absolute atomic E-state index is 13.0. The van der Waals surface area contributed by atoms with E-state index in [2.05, 4.69) is 45.1 Å². The van der Waals surface area contributed by atoms with Crippen LogP contribution < -0.4 is 5.32 Å². The molecule has 0 aromatic rings. The molecule has 0 unspecified atom stereocenters. The highest BCUT2D eigenvalue weighted by Gasteiger charge is 2.59. The lowest BCUT2D eigenvalue weighted by atomic mass is 9.46. The molecule has 0 aliphatic heterocycles. The van der Waals surface area contributed by atoms with Crippen molar-refractivity contribution >= 4 is 17.6 Å². The molecule has 1 N–H and O–H groups in total. The van der Waals surface area contributed by atoms with Gasteiger partial charge >= 0.3 is 6.09 Å². The van der Waals surface area contributed by atoms with Gasteiger partial charge in [-0.3, -0.25) is 9.63 Å². The van der Waals surface area contributed by atoms with Crippen molar-refractivity contribution in [2.75, 3.05) is 19.6 Å². The molecule has 37 heavy (non-hydrogen) atoms. The summed E-state index contributed by atoms with van der Waals surface area (Å²) in [5.74, 6) is 3.44. The van der Waals surface area contributed by atoms with E-state index in [4.69, 9.17) is 4.84 Å². The van der Waals surface area contributed by atoms with Gasteiger partial charge in [0.1, 0.15) is 0 Å². The number of hydrogen-bond acceptors (Lipinski definition) is 5. The van der Waals surface area contributed by atoms with Crippen LogP contribution in [0.15, 0.2) is 16.8 Å². The summed E-state index contributed by atoms with van der Waals surface area (Å²) >= 11 is 0. The van der Waals surface area contributed by atoms with Crippen molar-refractivity contribution in [3.63, 3.8) is 0 Å². The Labute approximate surface area is 224 Å². The van der Waals surface area contributed by atoms with Gasteiger partial charge in [0, 0.05) is 31.5 Å². The van der Waals surface area contributed by atoms with Crippen molar-refractivity contribution in [2.45, 2.75) is 105 Å². The molecule has 0 radical (unpaired) electrons. The number of carbonyl (C=O) groups is 2. The fraction of sp³-hybridized carbons (Fsp3) is 0.839. The van der Waals surface area contributed by atoms with Gasteiger partial charge in [0.25, 0.3) is 0 Å². The lowest BCUT2D eigenvalue weighted by Gasteiger charge is -2.58. The minimum absolute atomic E-state index is 0.213. The summed E-state index contributed by atoms with van der Waals surface area (Å²) in [5.41, 5.74) is 2.87. The van der Waals surface area contributed by atoms with Crippen molar-refractivity contribution in [3.8, 4) is 0 Å². The minimum Gasteiger partial charge on any atom is -0.315 e. The zero-order valence-electron chi connectivity index (χ0n) is 23.9. The molecule has 6 nitrogen and oxygen atoms in total. The summed E-state index contributed by atoms with van der Waals surface area (Å²) in [7, 11) is 0. The SMILES string of the molecule is C/C(=N\OC(=O)N(CCNCC(C)C)C1CC1)[C@H]1CC[C@H]2[C@@H]3CCC4=CC(=O)CC[C@]4(C)[C@H]3CC[C@]12C. The quantitative estimate of drug-likeness (QED) is 0.178. The van der Waals surface area contributed by atoms with E-state index >= 15 is 0 Å². The van der Waals surface area contributed by atoms with Gasteiger partial charge in [-0.1, -0.05) is 38.4 Å². The first-order valence-corrected chi connectivity index (χ1v) is 15.1. The third-order valence-electron chi connectivity index (χ3n) is 11.0. The highest BCUT2D eigenvalue weighted by atomic mass is 16.7. The zero-order valence-corrected chi connectivity index (χ0v) is 23.9. The Kier molecular flexibility index (Phi) is 7.61. The summed E-state index contributed by atoms with van der Waals surface area (Å²) in [6.45, 7) is 13.8. The lowest BCUT2D eigenvalue weighted by molar-refractivity contribution is -0.117. The number of hydrogen-bond donors (Lipinski definition) is 1. The maximum atomic E-state index is 13.0. The van der Waals surface area contributed by atoms with Crippen LogP contribution in [0.3, 0.4) is 0 Å². The number of allylic oxidation sites excluding steroid dienone is 1. The van der Waals surface area contributed by atoms with Gasteiger partial charge in [-0.15, -0.1) is 0 Å². The summed E-state index contributed by atoms with van der Waals surface area (Å²) in [6.07, 6.45) is 12.7. The molecule has 5 aliphatic carbocycles. The molecule has 0 aromatic heterocycles. The number of nitrogens with zero attached hydrogens (tertiary/aromatic N) is 2. The van der Waals surface area contributed by atoms with E-state index in [1.54, 1.807) is 0 Å². The van der Waals surface area contributed by atoms with Gasteiger partial charge < -0.3 is 10.2 Å². The third kappa shape index (κ3) is 5.16. The van der Waals surface area contributed by atoms with Gasteiger partial charge in [-0.05, 0) is 112 Å². The number of nitrogens with one attached hydrogen (secondary N) is 1. The van der Waals surface area contributed by atoms with Crippen LogP contribution in [0, 0.1) is 40.4 Å². The van der Waals surface area contributed by atoms with Gasteiger partial charge in [0.2, 0.25) is 0 Å². The van der Waals surface area contributed by atoms with Crippen LogP contribution in [0.1, 0.15) is 98.8 Å². The number of fused-ring (bicyclic) bond motifs is 5. The van der Waals surface area contributed by atoms with Crippen LogP contribution in [-0.4, -0.2) is 48.2 Å². The first kappa shape index (κ1) is 26.9. The molecule has 0 spiro atoms. The Morgan fingerprint density at radius 2 is 1.89 bits per heavy atom. The van der Waals surface area contributed by atoms with Crippen LogP contribution >= 0.6 is 0 Å². The van der Waals surface area contributed by atoms with E-state index < -0.39 is 0 Å². The van der Waals surface area contributed by atoms with Gasteiger partial charge in [-0.2, -0.15) is 0 Å². The normalized spacial score (nSPS) is 37.5. The van der Waals surface area contributed by atoms with Crippen molar-refractivity contribution in [1.29, 1.82) is 0 Å². The zero-order chi connectivity index (χ0) is 26.4. The number of ketones is 1. The topological polar surface area (TPSA) is 71.0 Å². The van der Waals surface area contributed by atoms with Crippen molar-refractivity contribution in [2.24, 2.45) is 45.6 Å². The fourth-order valence-electron chi connectivity index (χ4n) is 8.87. The third-order valence-corrected chi connectivity index (χ3v) is 11.0. The van der Waals surface area contributed by atoms with E-state index in [0.29, 0.717) is 42.0 Å². The molecule has 206 valence electrons. The molecule has 5 rings (SSSR count). The number of oxime groups is 1. The van der Waals surface area contributed by atoms with E-state index in [-0.39, 0.29) is 16.9 Å². The van der Waals surface area contributed by atoms with Gasteiger partial charge in [0.05, 0.1) is 5.71 Å². The molecule has 1 amide bonds. The van der Waals surface area contributed by atoms with E-state index in [9.17, 15) is 9.59 Å². The first-order valence-electron chi connectivity index (χ1n) is 15.1. The molecule has 0 aromatic carbocycles. The second-order valence-electron chi connectivity index (χ2n) is 13.8. The average Bonchev–Trinajstić information content (AvgIpc) is 3.63. The summed E-state index contributed by atoms with van der Waals surface area (Å²) in [6, 6.07) is 0.314. The van der Waals surface area contributed by atoms with Crippen LogP contribution in [0.4, 0.5) is 4.79 Å². The highest BCUT2D eigenvalue weighted by molar-refractivity contribution is 5.91. The van der Waals surface area contributed by atoms with Crippen LogP contribution in [0.5, 0.6) is 0 Å². The molecule has 0 heterocycles. The number of rotatable bonds is 8. The molecule has 0 bridgehead atoms. The standard InChI is InChI=1S/C31H49N3O3/c1-20(2)19-32-16-17-34(23-7-8-23)29(36)37-33-21(3)26-10-11-27-25-9-6-22-18-24(35)12-14-30(22,4)28(25)13-15-31(26,27)5/h18,20,23,25-28,32H,6-17,19H2,1-5H3/b33-21+/t25-,26+,27-,28-,30-,31+/m0/s1. The number of carbonyl (C=O) groups excluding carboxylic acids is 2. The minimum atomic E-state index is -0.289. The second kappa shape index (κ2) is 10.5. The van der Waals surface area contributed by atoms with Crippen LogP contribution in [-0.2, 0) is 9.63 Å². The van der Waals surface area contributed by atoms with E-state index in [1.807, 2.05) is 11.0 Å². The van der Waals surface area contributed by atoms with Gasteiger partial charge in [-0.25, -0.2) is 4.79 Å². The Bertz CT molecular complexity index is 953. The molecule has 0 saturated heterocycles. The molecule has 4 fully saturated rings.